The Labute approximate surface area is 89.6 Å². The number of nitrogens with zero attached hydrogens (tertiary/aromatic N) is 1. The predicted molar refractivity (Wildman–Crippen MR) is 61.7 cm³/mol. The number of para-hydroxylation sites is 1. The van der Waals surface area contributed by atoms with Crippen molar-refractivity contribution in [3.8, 4) is 0 Å². The van der Waals surface area contributed by atoms with Gasteiger partial charge in [-0.3, -0.25) is 4.98 Å². The Hall–Kier alpha value is -1.41. The van der Waals surface area contributed by atoms with Crippen molar-refractivity contribution in [3.63, 3.8) is 0 Å². The Balaban J connectivity index is 2.42. The van der Waals surface area contributed by atoms with Crippen LogP contribution < -0.4 is 0 Å². The van der Waals surface area contributed by atoms with Crippen molar-refractivity contribution >= 4 is 10.9 Å². The molecule has 2 nitrogen and oxygen atoms in total. The Morgan fingerprint density at radius 2 is 2.07 bits per heavy atom. The molecule has 15 heavy (non-hydrogen) atoms. The van der Waals surface area contributed by atoms with E-state index in [2.05, 4.69) is 18.0 Å². The summed E-state index contributed by atoms with van der Waals surface area (Å²) >= 11 is 0. The average molecular weight is 201 g/mol. The van der Waals surface area contributed by atoms with Crippen LogP contribution in [0.2, 0.25) is 0 Å². The second-order valence-corrected chi connectivity index (χ2v) is 3.98. The lowest BCUT2D eigenvalue weighted by molar-refractivity contribution is 0.237. The molecule has 0 radical (unpaired) electrons. The summed E-state index contributed by atoms with van der Waals surface area (Å²) in [6.07, 6.45) is 2.74. The van der Waals surface area contributed by atoms with Crippen LogP contribution in [0.4, 0.5) is 0 Å². The van der Waals surface area contributed by atoms with Gasteiger partial charge in [-0.25, -0.2) is 0 Å². The van der Waals surface area contributed by atoms with Crippen LogP contribution in [-0.2, 0) is 6.42 Å². The number of hydrogen-bond acceptors (Lipinski definition) is 2. The van der Waals surface area contributed by atoms with E-state index in [-0.39, 0.29) is 6.61 Å². The monoisotopic (exact) mass is 201 g/mol. The fraction of sp³-hybridized carbons (Fsp3) is 0.308. The lowest BCUT2D eigenvalue weighted by Gasteiger charge is -2.09. The lowest BCUT2D eigenvalue weighted by atomic mass is 9.99. The van der Waals surface area contributed by atoms with Crippen molar-refractivity contribution in [2.45, 2.75) is 13.3 Å². The van der Waals surface area contributed by atoms with E-state index in [1.165, 1.54) is 10.9 Å². The molecule has 0 amide bonds. The van der Waals surface area contributed by atoms with Crippen molar-refractivity contribution < 1.29 is 5.11 Å². The first-order valence-electron chi connectivity index (χ1n) is 5.24. The zero-order chi connectivity index (χ0) is 10.7. The van der Waals surface area contributed by atoms with Crippen LogP contribution in [0.25, 0.3) is 10.9 Å². The van der Waals surface area contributed by atoms with Crippen LogP contribution >= 0.6 is 0 Å². The summed E-state index contributed by atoms with van der Waals surface area (Å²) in [7, 11) is 0. The number of aliphatic hydroxyl groups is 1. The maximum atomic E-state index is 9.05. The van der Waals surface area contributed by atoms with Crippen LogP contribution in [0.3, 0.4) is 0 Å². The van der Waals surface area contributed by atoms with E-state index in [4.69, 9.17) is 5.11 Å². The van der Waals surface area contributed by atoms with Gasteiger partial charge in [-0.05, 0) is 30.0 Å². The second-order valence-electron chi connectivity index (χ2n) is 3.98. The molecule has 0 saturated carbocycles. The van der Waals surface area contributed by atoms with Crippen LogP contribution in [0.15, 0.2) is 36.5 Å². The van der Waals surface area contributed by atoms with E-state index in [0.29, 0.717) is 5.92 Å². The van der Waals surface area contributed by atoms with Gasteiger partial charge in [-0.1, -0.05) is 25.1 Å². The van der Waals surface area contributed by atoms with Gasteiger partial charge in [0.1, 0.15) is 0 Å². The number of rotatable bonds is 3. The van der Waals surface area contributed by atoms with Gasteiger partial charge >= 0.3 is 0 Å². The summed E-state index contributed by atoms with van der Waals surface area (Å²) < 4.78 is 0. The van der Waals surface area contributed by atoms with Crippen LogP contribution in [0.1, 0.15) is 12.5 Å². The van der Waals surface area contributed by atoms with Crippen molar-refractivity contribution in [2.75, 3.05) is 6.61 Å². The number of aromatic nitrogens is 1. The molecule has 0 unspecified atom stereocenters. The SMILES string of the molecule is C[C@@H](CO)Cc1ccnc2ccccc12. The highest BCUT2D eigenvalue weighted by Gasteiger charge is 2.05. The summed E-state index contributed by atoms with van der Waals surface area (Å²) in [6.45, 7) is 2.28. The first-order valence-corrected chi connectivity index (χ1v) is 5.24. The predicted octanol–water partition coefficient (Wildman–Crippen LogP) is 2.41. The largest absolute Gasteiger partial charge is 0.396 e. The van der Waals surface area contributed by atoms with Gasteiger partial charge in [0.2, 0.25) is 0 Å². The van der Waals surface area contributed by atoms with Crippen molar-refractivity contribution in [3.05, 3.63) is 42.1 Å². The summed E-state index contributed by atoms with van der Waals surface area (Å²) in [5.41, 5.74) is 2.29. The highest BCUT2D eigenvalue weighted by molar-refractivity contribution is 5.81. The topological polar surface area (TPSA) is 33.1 Å². The standard InChI is InChI=1S/C13H15NO/c1-10(9-15)8-11-6-7-14-13-5-3-2-4-12(11)13/h2-7,10,15H,8-9H2,1H3/t10-/m1/s1. The van der Waals surface area contributed by atoms with Crippen molar-refractivity contribution in [2.24, 2.45) is 5.92 Å². The third-order valence-corrected chi connectivity index (χ3v) is 2.62. The highest BCUT2D eigenvalue weighted by atomic mass is 16.3. The quantitative estimate of drug-likeness (QED) is 0.827. The van der Waals surface area contributed by atoms with Crippen molar-refractivity contribution in [1.82, 2.24) is 4.98 Å². The summed E-state index contributed by atoms with van der Waals surface area (Å²) in [4.78, 5) is 4.31. The van der Waals surface area contributed by atoms with Gasteiger partial charge < -0.3 is 5.11 Å². The molecule has 1 N–H and O–H groups in total. The number of aliphatic hydroxyl groups excluding tert-OH is 1. The molecule has 0 fully saturated rings. The van der Waals surface area contributed by atoms with E-state index in [0.717, 1.165) is 11.9 Å². The van der Waals surface area contributed by atoms with E-state index in [1.807, 2.05) is 30.5 Å². The Morgan fingerprint density at radius 1 is 1.27 bits per heavy atom. The molecule has 78 valence electrons. The molecule has 1 atom stereocenters. The van der Waals surface area contributed by atoms with E-state index >= 15 is 0 Å². The van der Waals surface area contributed by atoms with Gasteiger partial charge in [0.15, 0.2) is 0 Å². The van der Waals surface area contributed by atoms with Gasteiger partial charge in [0.05, 0.1) is 5.52 Å². The third-order valence-electron chi connectivity index (χ3n) is 2.62. The zero-order valence-corrected chi connectivity index (χ0v) is 8.85. The second kappa shape index (κ2) is 4.41. The minimum atomic E-state index is 0.233. The Morgan fingerprint density at radius 3 is 2.87 bits per heavy atom. The van der Waals surface area contributed by atoms with E-state index in [9.17, 15) is 0 Å². The molecule has 0 aliphatic carbocycles. The molecule has 0 spiro atoms. The van der Waals surface area contributed by atoms with Crippen molar-refractivity contribution in [1.29, 1.82) is 0 Å². The first kappa shape index (κ1) is 10.1. The molecule has 1 aromatic carbocycles. The molecule has 2 aromatic rings. The smallest absolute Gasteiger partial charge is 0.0704 e. The van der Waals surface area contributed by atoms with Crippen LogP contribution in [-0.4, -0.2) is 16.7 Å². The summed E-state index contributed by atoms with van der Waals surface area (Å²) in [6, 6.07) is 10.2. The number of benzene rings is 1. The first-order chi connectivity index (χ1) is 7.31. The third kappa shape index (κ3) is 2.16. The molecule has 2 rings (SSSR count). The summed E-state index contributed by atoms with van der Waals surface area (Å²) in [5, 5.41) is 10.2. The minimum absolute atomic E-state index is 0.233. The fourth-order valence-electron chi connectivity index (χ4n) is 1.77. The molecule has 0 saturated heterocycles. The molecule has 0 aliphatic heterocycles. The fourth-order valence-corrected chi connectivity index (χ4v) is 1.77. The highest BCUT2D eigenvalue weighted by Crippen LogP contribution is 2.18. The molecule has 2 heteroatoms. The minimum Gasteiger partial charge on any atom is -0.396 e. The van der Waals surface area contributed by atoms with E-state index < -0.39 is 0 Å². The molecule has 0 aliphatic rings. The van der Waals surface area contributed by atoms with Gasteiger partial charge in [-0.2, -0.15) is 0 Å². The maximum Gasteiger partial charge on any atom is 0.0704 e. The van der Waals surface area contributed by atoms with E-state index in [1.54, 1.807) is 0 Å². The Bertz CT molecular complexity index is 448. The molecule has 0 bridgehead atoms. The Kier molecular flexibility index (Phi) is 2.97. The number of fused-ring (bicyclic) bond motifs is 1. The molecule has 1 aromatic heterocycles. The zero-order valence-electron chi connectivity index (χ0n) is 8.85. The summed E-state index contributed by atoms with van der Waals surface area (Å²) in [5.74, 6) is 0.302. The number of pyridine rings is 1. The van der Waals surface area contributed by atoms with Gasteiger partial charge in [0, 0.05) is 18.2 Å². The van der Waals surface area contributed by atoms with Gasteiger partial charge in [0.25, 0.3) is 0 Å². The normalized spacial score (nSPS) is 12.9. The average Bonchev–Trinajstić information content (AvgIpc) is 2.29. The maximum absolute atomic E-state index is 9.05. The lowest BCUT2D eigenvalue weighted by Crippen LogP contribution is -2.05. The molecular formula is C13H15NO. The molecule has 1 heterocycles. The van der Waals surface area contributed by atoms with Crippen LogP contribution in [0.5, 0.6) is 0 Å². The van der Waals surface area contributed by atoms with Crippen LogP contribution in [0, 0.1) is 5.92 Å². The van der Waals surface area contributed by atoms with Gasteiger partial charge in [-0.15, -0.1) is 0 Å². The molecular weight excluding hydrogens is 186 g/mol. The number of hydrogen-bond donors (Lipinski definition) is 1.